The van der Waals surface area contributed by atoms with Crippen molar-refractivity contribution in [3.8, 4) is 0 Å². The van der Waals surface area contributed by atoms with Gasteiger partial charge in [-0.25, -0.2) is 4.79 Å². The number of hydrogen-bond acceptors (Lipinski definition) is 3. The Hall–Kier alpha value is -1.97. The fourth-order valence-corrected chi connectivity index (χ4v) is 1.78. The Bertz CT molecular complexity index is 555. The van der Waals surface area contributed by atoms with Gasteiger partial charge in [-0.05, 0) is 24.6 Å². The third-order valence-corrected chi connectivity index (χ3v) is 2.53. The molecule has 1 heterocycles. The lowest BCUT2D eigenvalue weighted by Gasteiger charge is -2.14. The number of carboxylic acids is 1. The summed E-state index contributed by atoms with van der Waals surface area (Å²) in [7, 11) is 3.88. The first-order valence-electron chi connectivity index (χ1n) is 4.94. The number of fused-ring (bicyclic) bond motifs is 1. The highest BCUT2D eigenvalue weighted by Crippen LogP contribution is 2.27. The molecular weight excluding hydrogens is 206 g/mol. The lowest BCUT2D eigenvalue weighted by Crippen LogP contribution is -2.09. The van der Waals surface area contributed by atoms with E-state index < -0.39 is 5.97 Å². The minimum atomic E-state index is -1.04. The van der Waals surface area contributed by atoms with Crippen molar-refractivity contribution in [2.75, 3.05) is 19.0 Å². The summed E-state index contributed by atoms with van der Waals surface area (Å²) in [4.78, 5) is 12.7. The van der Waals surface area contributed by atoms with Crippen molar-refractivity contribution < 1.29 is 14.3 Å². The van der Waals surface area contributed by atoms with E-state index >= 15 is 0 Å². The van der Waals surface area contributed by atoms with Crippen molar-refractivity contribution in [2.24, 2.45) is 0 Å². The smallest absolute Gasteiger partial charge is 0.371 e. The van der Waals surface area contributed by atoms with Crippen molar-refractivity contribution >= 4 is 22.6 Å². The number of hydrogen-bond donors (Lipinski definition) is 1. The molecule has 4 heteroatoms. The fourth-order valence-electron chi connectivity index (χ4n) is 1.78. The van der Waals surface area contributed by atoms with Crippen LogP contribution in [0.2, 0.25) is 0 Å². The van der Waals surface area contributed by atoms with E-state index in [2.05, 4.69) is 0 Å². The van der Waals surface area contributed by atoms with E-state index in [9.17, 15) is 4.79 Å². The van der Waals surface area contributed by atoms with Crippen LogP contribution in [0.1, 0.15) is 16.1 Å². The number of furan rings is 1. The number of aryl methyl sites for hydroxylation is 1. The Kier molecular flexibility index (Phi) is 2.34. The summed E-state index contributed by atoms with van der Waals surface area (Å²) in [5, 5.41) is 9.65. The van der Waals surface area contributed by atoms with Crippen LogP contribution in [-0.2, 0) is 0 Å². The van der Waals surface area contributed by atoms with Crippen molar-refractivity contribution in [2.45, 2.75) is 6.92 Å². The van der Waals surface area contributed by atoms with E-state index in [1.54, 1.807) is 6.07 Å². The molecule has 16 heavy (non-hydrogen) atoms. The summed E-state index contributed by atoms with van der Waals surface area (Å²) in [6.45, 7) is 1.99. The largest absolute Gasteiger partial charge is 0.475 e. The third kappa shape index (κ3) is 1.62. The molecule has 0 radical (unpaired) electrons. The summed E-state index contributed by atoms with van der Waals surface area (Å²) in [6, 6.07) is 5.34. The van der Waals surface area contributed by atoms with Gasteiger partial charge in [0.1, 0.15) is 5.58 Å². The van der Waals surface area contributed by atoms with Crippen LogP contribution in [-0.4, -0.2) is 25.2 Å². The van der Waals surface area contributed by atoms with Gasteiger partial charge < -0.3 is 14.4 Å². The van der Waals surface area contributed by atoms with Crippen LogP contribution < -0.4 is 4.90 Å². The second kappa shape index (κ2) is 3.56. The molecule has 0 aliphatic heterocycles. The quantitative estimate of drug-likeness (QED) is 0.843. The second-order valence-corrected chi connectivity index (χ2v) is 3.99. The number of benzene rings is 1. The van der Waals surface area contributed by atoms with Gasteiger partial charge in [0.15, 0.2) is 0 Å². The van der Waals surface area contributed by atoms with Gasteiger partial charge in [0.2, 0.25) is 5.76 Å². The molecule has 0 spiro atoms. The van der Waals surface area contributed by atoms with Crippen molar-refractivity contribution in [1.29, 1.82) is 0 Å². The topological polar surface area (TPSA) is 53.7 Å². The molecule has 84 valence electrons. The van der Waals surface area contributed by atoms with Gasteiger partial charge in [-0.15, -0.1) is 0 Å². The molecule has 0 aliphatic carbocycles. The molecule has 2 rings (SSSR count). The Morgan fingerprint density at radius 2 is 2.00 bits per heavy atom. The molecule has 0 fully saturated rings. The highest BCUT2D eigenvalue weighted by Gasteiger charge is 2.12. The molecular formula is C12H13NO3. The van der Waals surface area contributed by atoms with E-state index in [4.69, 9.17) is 9.52 Å². The summed E-state index contributed by atoms with van der Waals surface area (Å²) in [5.74, 6) is -1.06. The zero-order valence-corrected chi connectivity index (χ0v) is 9.44. The van der Waals surface area contributed by atoms with Gasteiger partial charge in [-0.1, -0.05) is 0 Å². The molecule has 1 aromatic heterocycles. The Labute approximate surface area is 93.1 Å². The summed E-state index contributed by atoms with van der Waals surface area (Å²) < 4.78 is 5.25. The van der Waals surface area contributed by atoms with Gasteiger partial charge in [0, 0.05) is 31.2 Å². The van der Waals surface area contributed by atoms with Crippen LogP contribution in [0.5, 0.6) is 0 Å². The molecule has 4 nitrogen and oxygen atoms in total. The maximum absolute atomic E-state index is 10.8. The number of nitrogens with zero attached hydrogens (tertiary/aromatic N) is 1. The summed E-state index contributed by atoms with van der Waals surface area (Å²) in [5.41, 5.74) is 2.72. The minimum Gasteiger partial charge on any atom is -0.475 e. The molecule has 0 atom stereocenters. The van der Waals surface area contributed by atoms with Crippen LogP contribution in [0.25, 0.3) is 11.0 Å². The number of rotatable bonds is 2. The van der Waals surface area contributed by atoms with Crippen molar-refractivity contribution in [1.82, 2.24) is 0 Å². The van der Waals surface area contributed by atoms with E-state index in [1.807, 2.05) is 38.1 Å². The van der Waals surface area contributed by atoms with Gasteiger partial charge >= 0.3 is 5.97 Å². The van der Waals surface area contributed by atoms with Crippen LogP contribution in [0.3, 0.4) is 0 Å². The van der Waals surface area contributed by atoms with E-state index in [0.717, 1.165) is 16.6 Å². The van der Waals surface area contributed by atoms with Crippen molar-refractivity contribution in [3.63, 3.8) is 0 Å². The number of carboxylic acid groups (broad SMARTS) is 1. The SMILES string of the molecule is Cc1cc2cc(C(=O)O)oc2cc1N(C)C. The third-order valence-electron chi connectivity index (χ3n) is 2.53. The molecule has 0 amide bonds. The fraction of sp³-hybridized carbons (Fsp3) is 0.250. The molecule has 2 aromatic rings. The molecule has 0 unspecified atom stereocenters. The van der Waals surface area contributed by atoms with Crippen LogP contribution in [0, 0.1) is 6.92 Å². The standard InChI is InChI=1S/C12H13NO3/c1-7-4-8-5-11(12(14)15)16-10(8)6-9(7)13(2)3/h4-6H,1-3H3,(H,14,15). The molecule has 1 aromatic carbocycles. The number of aromatic carboxylic acids is 1. The minimum absolute atomic E-state index is 0.0229. The molecule has 0 aliphatic rings. The lowest BCUT2D eigenvalue weighted by molar-refractivity contribution is 0.0665. The van der Waals surface area contributed by atoms with Crippen LogP contribution >= 0.6 is 0 Å². The lowest BCUT2D eigenvalue weighted by atomic mass is 10.1. The molecule has 1 N–H and O–H groups in total. The molecule has 0 saturated heterocycles. The predicted molar refractivity (Wildman–Crippen MR) is 62.2 cm³/mol. The maximum atomic E-state index is 10.8. The van der Waals surface area contributed by atoms with Crippen LogP contribution in [0.4, 0.5) is 5.69 Å². The van der Waals surface area contributed by atoms with Crippen molar-refractivity contribution in [3.05, 3.63) is 29.5 Å². The highest BCUT2D eigenvalue weighted by atomic mass is 16.4. The maximum Gasteiger partial charge on any atom is 0.371 e. The Morgan fingerprint density at radius 1 is 1.31 bits per heavy atom. The average molecular weight is 219 g/mol. The van der Waals surface area contributed by atoms with E-state index in [1.165, 1.54) is 0 Å². The van der Waals surface area contributed by atoms with Gasteiger partial charge in [-0.3, -0.25) is 0 Å². The zero-order valence-electron chi connectivity index (χ0n) is 9.44. The Morgan fingerprint density at radius 3 is 2.56 bits per heavy atom. The number of carbonyl (C=O) groups is 1. The van der Waals surface area contributed by atoms with E-state index in [0.29, 0.717) is 5.58 Å². The first-order chi connectivity index (χ1) is 7.49. The zero-order chi connectivity index (χ0) is 11.9. The van der Waals surface area contributed by atoms with E-state index in [-0.39, 0.29) is 5.76 Å². The summed E-state index contributed by atoms with van der Waals surface area (Å²) in [6.07, 6.45) is 0. The first kappa shape index (κ1) is 10.5. The second-order valence-electron chi connectivity index (χ2n) is 3.99. The van der Waals surface area contributed by atoms with Gasteiger partial charge in [0.25, 0.3) is 0 Å². The molecule has 0 bridgehead atoms. The monoisotopic (exact) mass is 219 g/mol. The van der Waals surface area contributed by atoms with Gasteiger partial charge in [0.05, 0.1) is 0 Å². The average Bonchev–Trinajstić information content (AvgIpc) is 2.58. The highest BCUT2D eigenvalue weighted by molar-refractivity contribution is 5.92. The predicted octanol–water partition coefficient (Wildman–Crippen LogP) is 2.51. The van der Waals surface area contributed by atoms with Crippen LogP contribution in [0.15, 0.2) is 22.6 Å². The normalized spacial score (nSPS) is 10.7. The Balaban J connectivity index is 2.65. The number of anilines is 1. The van der Waals surface area contributed by atoms with Gasteiger partial charge in [-0.2, -0.15) is 0 Å². The summed E-state index contributed by atoms with van der Waals surface area (Å²) >= 11 is 0. The molecule has 0 saturated carbocycles. The first-order valence-corrected chi connectivity index (χ1v) is 4.94.